The van der Waals surface area contributed by atoms with Gasteiger partial charge < -0.3 is 19.5 Å². The third kappa shape index (κ3) is 6.16. The van der Waals surface area contributed by atoms with E-state index in [9.17, 15) is 9.59 Å². The number of ether oxygens (including phenoxy) is 3. The Balaban J connectivity index is 2.45. The van der Waals surface area contributed by atoms with Crippen molar-refractivity contribution in [3.8, 4) is 11.5 Å². The van der Waals surface area contributed by atoms with Gasteiger partial charge >= 0.3 is 6.09 Å². The van der Waals surface area contributed by atoms with E-state index < -0.39 is 11.7 Å². The first-order valence-electron chi connectivity index (χ1n) is 6.58. The number of hydrogen-bond acceptors (Lipinski definition) is 5. The molecule has 1 aromatic carbocycles. The van der Waals surface area contributed by atoms with E-state index in [1.807, 2.05) is 0 Å². The Morgan fingerprint density at radius 3 is 2.57 bits per heavy atom. The molecule has 0 unspecified atom stereocenters. The minimum atomic E-state index is -0.535. The van der Waals surface area contributed by atoms with E-state index in [1.165, 1.54) is 7.11 Å². The Morgan fingerprint density at radius 2 is 2.00 bits per heavy atom. The number of benzene rings is 1. The smallest absolute Gasteiger partial charge is 0.407 e. The molecule has 0 aliphatic heterocycles. The van der Waals surface area contributed by atoms with Gasteiger partial charge in [0, 0.05) is 5.56 Å². The van der Waals surface area contributed by atoms with Gasteiger partial charge in [0.1, 0.15) is 18.5 Å². The summed E-state index contributed by atoms with van der Waals surface area (Å²) in [4.78, 5) is 22.2. The monoisotopic (exact) mass is 295 g/mol. The summed E-state index contributed by atoms with van der Waals surface area (Å²) in [5, 5.41) is 2.58. The van der Waals surface area contributed by atoms with Gasteiger partial charge in [0.25, 0.3) is 0 Å². The predicted octanol–water partition coefficient (Wildman–Crippen LogP) is 2.41. The molecule has 0 spiro atoms. The fourth-order valence-corrected chi connectivity index (χ4v) is 1.51. The fraction of sp³-hybridized carbons (Fsp3) is 0.467. The molecule has 0 heterocycles. The second-order valence-electron chi connectivity index (χ2n) is 5.31. The van der Waals surface area contributed by atoms with Gasteiger partial charge in [-0.05, 0) is 39.0 Å². The number of nitrogens with one attached hydrogen (secondary N) is 1. The van der Waals surface area contributed by atoms with Crippen LogP contribution < -0.4 is 14.8 Å². The highest BCUT2D eigenvalue weighted by atomic mass is 16.6. The highest BCUT2D eigenvalue weighted by Gasteiger charge is 2.15. The largest absolute Gasteiger partial charge is 0.493 e. The Labute approximate surface area is 124 Å². The molecule has 0 aliphatic rings. The van der Waals surface area contributed by atoms with Crippen LogP contribution in [0.25, 0.3) is 0 Å². The molecule has 0 aromatic heterocycles. The Bertz CT molecular complexity index is 493. The van der Waals surface area contributed by atoms with Crippen LogP contribution in [0.2, 0.25) is 0 Å². The van der Waals surface area contributed by atoms with Gasteiger partial charge in [0.15, 0.2) is 11.5 Å². The lowest BCUT2D eigenvalue weighted by Crippen LogP contribution is -2.34. The third-order valence-electron chi connectivity index (χ3n) is 2.35. The Hall–Kier alpha value is -2.24. The summed E-state index contributed by atoms with van der Waals surface area (Å²) in [7, 11) is 1.52. The van der Waals surface area contributed by atoms with Crippen molar-refractivity contribution in [2.24, 2.45) is 0 Å². The third-order valence-corrected chi connectivity index (χ3v) is 2.35. The number of aldehydes is 1. The SMILES string of the molecule is COc1ccc(C=O)cc1OCCNC(=O)OC(C)(C)C. The zero-order chi connectivity index (χ0) is 15.9. The van der Waals surface area contributed by atoms with Crippen LogP contribution in [-0.4, -0.2) is 38.2 Å². The summed E-state index contributed by atoms with van der Waals surface area (Å²) < 4.78 is 15.7. The fourth-order valence-electron chi connectivity index (χ4n) is 1.51. The molecule has 0 radical (unpaired) electrons. The summed E-state index contributed by atoms with van der Waals surface area (Å²) in [5.41, 5.74) is -0.0437. The molecule has 1 aromatic rings. The lowest BCUT2D eigenvalue weighted by Gasteiger charge is -2.19. The van der Waals surface area contributed by atoms with E-state index in [4.69, 9.17) is 14.2 Å². The van der Waals surface area contributed by atoms with Gasteiger partial charge in [-0.2, -0.15) is 0 Å². The van der Waals surface area contributed by atoms with Gasteiger partial charge in [0.05, 0.1) is 13.7 Å². The van der Waals surface area contributed by atoms with Crippen molar-refractivity contribution < 1.29 is 23.8 Å². The van der Waals surface area contributed by atoms with Crippen LogP contribution in [0.15, 0.2) is 18.2 Å². The summed E-state index contributed by atoms with van der Waals surface area (Å²) in [6.07, 6.45) is 0.227. The number of rotatable bonds is 6. The van der Waals surface area contributed by atoms with Crippen LogP contribution in [-0.2, 0) is 4.74 Å². The number of methoxy groups -OCH3 is 1. The molecular formula is C15H21NO5. The summed E-state index contributed by atoms with van der Waals surface area (Å²) in [6, 6.07) is 4.87. The summed E-state index contributed by atoms with van der Waals surface area (Å²) in [6.45, 7) is 5.89. The molecule has 0 fully saturated rings. The van der Waals surface area contributed by atoms with Crippen LogP contribution >= 0.6 is 0 Å². The molecule has 0 saturated heterocycles. The molecule has 6 nitrogen and oxygen atoms in total. The number of alkyl carbamates (subject to hydrolysis) is 1. The van der Waals surface area contributed by atoms with Crippen molar-refractivity contribution in [1.82, 2.24) is 5.32 Å². The van der Waals surface area contributed by atoms with Crippen LogP contribution in [0.1, 0.15) is 31.1 Å². The lowest BCUT2D eigenvalue weighted by atomic mass is 10.2. The predicted molar refractivity (Wildman–Crippen MR) is 78.1 cm³/mol. The van der Waals surface area contributed by atoms with E-state index in [-0.39, 0.29) is 13.2 Å². The maximum Gasteiger partial charge on any atom is 0.407 e. The van der Waals surface area contributed by atoms with Crippen molar-refractivity contribution in [1.29, 1.82) is 0 Å². The van der Waals surface area contributed by atoms with Gasteiger partial charge in [0.2, 0.25) is 0 Å². The normalized spacial score (nSPS) is 10.7. The number of hydrogen-bond donors (Lipinski definition) is 1. The second-order valence-corrected chi connectivity index (χ2v) is 5.31. The van der Waals surface area contributed by atoms with Crippen molar-refractivity contribution in [3.63, 3.8) is 0 Å². The molecule has 0 saturated carbocycles. The first-order valence-corrected chi connectivity index (χ1v) is 6.58. The highest BCUT2D eigenvalue weighted by Crippen LogP contribution is 2.27. The van der Waals surface area contributed by atoms with Gasteiger partial charge in [-0.1, -0.05) is 0 Å². The molecule has 1 amide bonds. The van der Waals surface area contributed by atoms with Gasteiger partial charge in [-0.25, -0.2) is 4.79 Å². The maximum absolute atomic E-state index is 11.4. The van der Waals surface area contributed by atoms with Crippen molar-refractivity contribution in [3.05, 3.63) is 23.8 Å². The first kappa shape index (κ1) is 16.8. The molecule has 0 aliphatic carbocycles. The van der Waals surface area contributed by atoms with E-state index in [1.54, 1.807) is 39.0 Å². The standard InChI is InChI=1S/C15H21NO5/c1-15(2,3)21-14(18)16-7-8-20-13-9-11(10-17)5-6-12(13)19-4/h5-6,9-10H,7-8H2,1-4H3,(H,16,18). The molecule has 0 atom stereocenters. The molecule has 6 heteroatoms. The molecule has 1 rings (SSSR count). The van der Waals surface area contributed by atoms with Crippen molar-refractivity contribution in [2.75, 3.05) is 20.3 Å². The van der Waals surface area contributed by atoms with Crippen LogP contribution in [0.4, 0.5) is 4.79 Å². The average molecular weight is 295 g/mol. The number of carbonyl (C=O) groups excluding carboxylic acids is 2. The first-order chi connectivity index (χ1) is 9.85. The molecule has 116 valence electrons. The van der Waals surface area contributed by atoms with Crippen molar-refractivity contribution in [2.45, 2.75) is 26.4 Å². The zero-order valence-corrected chi connectivity index (χ0v) is 12.8. The van der Waals surface area contributed by atoms with E-state index in [2.05, 4.69) is 5.32 Å². The van der Waals surface area contributed by atoms with Crippen molar-refractivity contribution >= 4 is 12.4 Å². The minimum absolute atomic E-state index is 0.234. The summed E-state index contributed by atoms with van der Waals surface area (Å²) >= 11 is 0. The lowest BCUT2D eigenvalue weighted by molar-refractivity contribution is 0.0520. The van der Waals surface area contributed by atoms with Crippen LogP contribution in [0.3, 0.4) is 0 Å². The average Bonchev–Trinajstić information content (AvgIpc) is 2.41. The Kier molecular flexibility index (Phi) is 6.02. The number of carbonyl (C=O) groups is 2. The van der Waals surface area contributed by atoms with Crippen LogP contribution in [0, 0.1) is 0 Å². The molecular weight excluding hydrogens is 274 g/mol. The Morgan fingerprint density at radius 1 is 1.29 bits per heavy atom. The van der Waals surface area contributed by atoms with Gasteiger partial charge in [-0.15, -0.1) is 0 Å². The topological polar surface area (TPSA) is 73.9 Å². The summed E-state index contributed by atoms with van der Waals surface area (Å²) in [5.74, 6) is 0.978. The maximum atomic E-state index is 11.4. The molecule has 1 N–H and O–H groups in total. The molecule has 21 heavy (non-hydrogen) atoms. The molecule has 0 bridgehead atoms. The van der Waals surface area contributed by atoms with E-state index in [0.717, 1.165) is 6.29 Å². The van der Waals surface area contributed by atoms with Crippen LogP contribution in [0.5, 0.6) is 11.5 Å². The van der Waals surface area contributed by atoms with E-state index in [0.29, 0.717) is 17.1 Å². The van der Waals surface area contributed by atoms with Gasteiger partial charge in [-0.3, -0.25) is 4.79 Å². The quantitative estimate of drug-likeness (QED) is 0.644. The number of amides is 1. The minimum Gasteiger partial charge on any atom is -0.493 e. The second kappa shape index (κ2) is 7.52. The van der Waals surface area contributed by atoms with E-state index >= 15 is 0 Å². The zero-order valence-electron chi connectivity index (χ0n) is 12.8. The highest BCUT2D eigenvalue weighted by molar-refractivity contribution is 5.76.